The van der Waals surface area contributed by atoms with Crippen molar-refractivity contribution in [2.24, 2.45) is 0 Å². The molecule has 0 saturated carbocycles. The molecule has 0 radical (unpaired) electrons. The molecule has 0 amide bonds. The van der Waals surface area contributed by atoms with E-state index < -0.39 is 0 Å². The van der Waals surface area contributed by atoms with Gasteiger partial charge in [-0.2, -0.15) is 5.10 Å². The van der Waals surface area contributed by atoms with Crippen LogP contribution < -0.4 is 5.48 Å². The van der Waals surface area contributed by atoms with Crippen molar-refractivity contribution in [2.45, 2.75) is 0 Å². The molecule has 2 aromatic carbocycles. The zero-order valence-corrected chi connectivity index (χ0v) is 11.5. The highest BCUT2D eigenvalue weighted by molar-refractivity contribution is 14.1. The number of anilines is 1. The van der Waals surface area contributed by atoms with Gasteiger partial charge in [0.1, 0.15) is 3.70 Å². The zero-order valence-electron chi connectivity index (χ0n) is 9.30. The van der Waals surface area contributed by atoms with Crippen molar-refractivity contribution in [2.75, 3.05) is 5.48 Å². The van der Waals surface area contributed by atoms with Crippen molar-refractivity contribution in [1.29, 1.82) is 0 Å². The average Bonchev–Trinajstić information content (AvgIpc) is 2.77. The van der Waals surface area contributed by atoms with Crippen LogP contribution in [0.1, 0.15) is 0 Å². The molecular formula is C13H9IN3O-. The Morgan fingerprint density at radius 2 is 1.78 bits per heavy atom. The molecule has 1 aromatic heterocycles. The minimum atomic E-state index is 0.546. The molecule has 1 N–H and O–H groups in total. The third-order valence-electron chi connectivity index (χ3n) is 2.77. The molecule has 0 aliphatic rings. The lowest BCUT2D eigenvalue weighted by atomic mass is 10.2. The van der Waals surface area contributed by atoms with Gasteiger partial charge in [0.15, 0.2) is 0 Å². The Morgan fingerprint density at radius 3 is 2.50 bits per heavy atom. The maximum Gasteiger partial charge on any atom is 0.131 e. The molecule has 3 aromatic rings. The Kier molecular flexibility index (Phi) is 2.92. The molecule has 0 saturated heterocycles. The molecule has 0 unspecified atom stereocenters. The van der Waals surface area contributed by atoms with Crippen molar-refractivity contribution in [3.63, 3.8) is 0 Å². The number of nitrogens with one attached hydrogen (secondary N) is 1. The predicted octanol–water partition coefficient (Wildman–Crippen LogP) is 3.54. The number of benzene rings is 2. The van der Waals surface area contributed by atoms with E-state index in [1.807, 2.05) is 46.6 Å². The quantitative estimate of drug-likeness (QED) is 0.568. The van der Waals surface area contributed by atoms with Crippen molar-refractivity contribution >= 4 is 39.2 Å². The number of rotatable bonds is 2. The van der Waals surface area contributed by atoms with E-state index in [1.165, 1.54) is 0 Å². The van der Waals surface area contributed by atoms with Gasteiger partial charge >= 0.3 is 0 Å². The summed E-state index contributed by atoms with van der Waals surface area (Å²) < 4.78 is 2.85. The Morgan fingerprint density at radius 1 is 1.06 bits per heavy atom. The average molecular weight is 350 g/mol. The molecule has 0 aliphatic carbocycles. The Labute approximate surface area is 117 Å². The van der Waals surface area contributed by atoms with Crippen LogP contribution in [0.3, 0.4) is 0 Å². The Balaban J connectivity index is 2.18. The molecule has 0 atom stereocenters. The predicted molar refractivity (Wildman–Crippen MR) is 80.8 cm³/mol. The molecule has 1 heterocycles. The minimum Gasteiger partial charge on any atom is -0.761 e. The van der Waals surface area contributed by atoms with Crippen LogP contribution in [-0.4, -0.2) is 9.78 Å². The highest BCUT2D eigenvalue weighted by Gasteiger charge is 2.08. The lowest BCUT2D eigenvalue weighted by molar-refractivity contribution is 0.897. The van der Waals surface area contributed by atoms with Gasteiger partial charge in [-0.05, 0) is 52.9 Å². The van der Waals surface area contributed by atoms with Crippen LogP contribution in [0.25, 0.3) is 16.6 Å². The molecular weight excluding hydrogens is 341 g/mol. The normalized spacial score (nSPS) is 10.8. The standard InChI is InChI=1S/C13H9IN3O/c14-13-11-3-1-2-4-12(11)17(15-13)10-7-5-9(16-18)6-8-10/h1-8,16H/q-1. The molecule has 0 fully saturated rings. The van der Waals surface area contributed by atoms with Crippen LogP contribution in [0.2, 0.25) is 0 Å². The number of para-hydroxylation sites is 1. The minimum absolute atomic E-state index is 0.546. The van der Waals surface area contributed by atoms with Gasteiger partial charge in [-0.3, -0.25) is 0 Å². The van der Waals surface area contributed by atoms with Gasteiger partial charge in [0.05, 0.1) is 11.2 Å². The zero-order chi connectivity index (χ0) is 12.5. The summed E-state index contributed by atoms with van der Waals surface area (Å²) in [6, 6.07) is 15.3. The molecule has 3 rings (SSSR count). The van der Waals surface area contributed by atoms with Crippen molar-refractivity contribution in [3.8, 4) is 5.69 Å². The number of fused-ring (bicyclic) bond motifs is 1. The van der Waals surface area contributed by atoms with Crippen molar-refractivity contribution in [1.82, 2.24) is 9.78 Å². The molecule has 90 valence electrons. The van der Waals surface area contributed by atoms with E-state index in [1.54, 1.807) is 12.1 Å². The third kappa shape index (κ3) is 1.85. The summed E-state index contributed by atoms with van der Waals surface area (Å²) in [5.41, 5.74) is 4.41. The number of hydrogen-bond donors (Lipinski definition) is 1. The van der Waals surface area contributed by atoms with Crippen LogP contribution in [-0.2, 0) is 0 Å². The Bertz CT molecular complexity index is 691. The van der Waals surface area contributed by atoms with Crippen LogP contribution in [0.5, 0.6) is 0 Å². The van der Waals surface area contributed by atoms with E-state index in [0.717, 1.165) is 20.3 Å². The second-order valence-corrected chi connectivity index (χ2v) is 4.89. The van der Waals surface area contributed by atoms with E-state index in [-0.39, 0.29) is 0 Å². The third-order valence-corrected chi connectivity index (χ3v) is 3.57. The van der Waals surface area contributed by atoms with E-state index in [2.05, 4.69) is 27.7 Å². The second-order valence-electron chi connectivity index (χ2n) is 3.87. The second kappa shape index (κ2) is 4.58. The first-order valence-corrected chi connectivity index (χ1v) is 6.49. The topological polar surface area (TPSA) is 52.9 Å². The lowest BCUT2D eigenvalue weighted by Gasteiger charge is -2.10. The first-order valence-electron chi connectivity index (χ1n) is 5.41. The Hall–Kier alpha value is -1.60. The van der Waals surface area contributed by atoms with Crippen LogP contribution in [0.4, 0.5) is 5.69 Å². The van der Waals surface area contributed by atoms with Crippen molar-refractivity contribution in [3.05, 3.63) is 57.4 Å². The molecule has 5 heteroatoms. The number of hydrogen-bond acceptors (Lipinski definition) is 3. The van der Waals surface area contributed by atoms with E-state index >= 15 is 0 Å². The smallest absolute Gasteiger partial charge is 0.131 e. The van der Waals surface area contributed by atoms with Crippen LogP contribution >= 0.6 is 22.6 Å². The monoisotopic (exact) mass is 350 g/mol. The van der Waals surface area contributed by atoms with E-state index in [0.29, 0.717) is 5.69 Å². The number of aromatic nitrogens is 2. The van der Waals surface area contributed by atoms with Crippen LogP contribution in [0.15, 0.2) is 48.5 Å². The van der Waals surface area contributed by atoms with E-state index in [9.17, 15) is 5.21 Å². The largest absolute Gasteiger partial charge is 0.761 e. The lowest BCUT2D eigenvalue weighted by Crippen LogP contribution is -1.96. The molecule has 0 aliphatic heterocycles. The number of nitrogens with zero attached hydrogens (tertiary/aromatic N) is 2. The summed E-state index contributed by atoms with van der Waals surface area (Å²) in [6.45, 7) is 0. The van der Waals surface area contributed by atoms with Gasteiger partial charge < -0.3 is 10.7 Å². The van der Waals surface area contributed by atoms with E-state index in [4.69, 9.17) is 0 Å². The SMILES string of the molecule is [O-]Nc1ccc(-n2nc(I)c3ccccc32)cc1. The van der Waals surface area contributed by atoms with Gasteiger partial charge in [0.25, 0.3) is 0 Å². The maximum atomic E-state index is 10.5. The highest BCUT2D eigenvalue weighted by Crippen LogP contribution is 2.23. The molecule has 0 bridgehead atoms. The summed E-state index contributed by atoms with van der Waals surface area (Å²) in [7, 11) is 0. The fourth-order valence-electron chi connectivity index (χ4n) is 1.90. The summed E-state index contributed by atoms with van der Waals surface area (Å²) in [5.74, 6) is 0. The molecule has 4 nitrogen and oxygen atoms in total. The maximum absolute atomic E-state index is 10.5. The van der Waals surface area contributed by atoms with Crippen LogP contribution in [0, 0.1) is 8.91 Å². The number of halogens is 1. The molecule has 0 spiro atoms. The summed E-state index contributed by atoms with van der Waals surface area (Å²) in [4.78, 5) is 0. The van der Waals surface area contributed by atoms with Gasteiger partial charge in [-0.25, -0.2) is 4.68 Å². The van der Waals surface area contributed by atoms with Gasteiger partial charge in [-0.15, -0.1) is 0 Å². The first kappa shape index (κ1) is 11.5. The molecule has 18 heavy (non-hydrogen) atoms. The first-order chi connectivity index (χ1) is 8.79. The van der Waals surface area contributed by atoms with Gasteiger partial charge in [-0.1, -0.05) is 18.2 Å². The van der Waals surface area contributed by atoms with Gasteiger partial charge in [0, 0.05) is 11.1 Å². The summed E-state index contributed by atoms with van der Waals surface area (Å²) in [6.07, 6.45) is 0. The summed E-state index contributed by atoms with van der Waals surface area (Å²) >= 11 is 2.23. The summed E-state index contributed by atoms with van der Waals surface area (Å²) in [5, 5.41) is 16.2. The fourth-order valence-corrected chi connectivity index (χ4v) is 2.57. The van der Waals surface area contributed by atoms with Gasteiger partial charge in [0.2, 0.25) is 0 Å². The van der Waals surface area contributed by atoms with Crippen molar-refractivity contribution < 1.29 is 0 Å². The fraction of sp³-hybridized carbons (Fsp3) is 0. The highest BCUT2D eigenvalue weighted by atomic mass is 127.